The summed E-state index contributed by atoms with van der Waals surface area (Å²) in [5.41, 5.74) is 4.85. The van der Waals surface area contributed by atoms with Gasteiger partial charge in [-0.2, -0.15) is 0 Å². The van der Waals surface area contributed by atoms with Crippen LogP contribution in [0.3, 0.4) is 0 Å². The highest BCUT2D eigenvalue weighted by Crippen LogP contribution is 2.20. The molecule has 0 saturated carbocycles. The molecule has 1 atom stereocenters. The summed E-state index contributed by atoms with van der Waals surface area (Å²) in [5, 5.41) is 13.0. The molecule has 1 amide bonds. The third-order valence-electron chi connectivity index (χ3n) is 3.81. The molecular formula is C15H15FN4O3. The molecule has 0 bridgehead atoms. The SMILES string of the molecule is NC(=O)c1nc2n(c(=O)c1O)C(Cc1ccc(F)cc1)CNC2. The van der Waals surface area contributed by atoms with Crippen LogP contribution in [0.4, 0.5) is 4.39 Å². The van der Waals surface area contributed by atoms with Crippen molar-refractivity contribution in [1.29, 1.82) is 0 Å². The highest BCUT2D eigenvalue weighted by Gasteiger charge is 2.27. The zero-order valence-electron chi connectivity index (χ0n) is 12.1. The Morgan fingerprint density at radius 3 is 2.78 bits per heavy atom. The number of hydrogen-bond donors (Lipinski definition) is 3. The fourth-order valence-electron chi connectivity index (χ4n) is 2.74. The second kappa shape index (κ2) is 5.81. The van der Waals surface area contributed by atoms with Gasteiger partial charge in [0, 0.05) is 6.54 Å². The first-order chi connectivity index (χ1) is 11.0. The molecule has 1 aromatic carbocycles. The van der Waals surface area contributed by atoms with Gasteiger partial charge in [0.1, 0.15) is 11.6 Å². The average molecular weight is 318 g/mol. The van der Waals surface area contributed by atoms with Gasteiger partial charge in [0.25, 0.3) is 11.5 Å². The number of rotatable bonds is 3. The number of nitrogens with zero attached hydrogens (tertiary/aromatic N) is 2. The van der Waals surface area contributed by atoms with Gasteiger partial charge in [-0.05, 0) is 24.1 Å². The molecule has 0 fully saturated rings. The fraction of sp³-hybridized carbons (Fsp3) is 0.267. The maximum absolute atomic E-state index is 13.0. The van der Waals surface area contributed by atoms with E-state index in [4.69, 9.17) is 5.73 Å². The molecule has 1 unspecified atom stereocenters. The number of aromatic nitrogens is 2. The lowest BCUT2D eigenvalue weighted by molar-refractivity contribution is 0.0991. The highest BCUT2D eigenvalue weighted by atomic mass is 19.1. The van der Waals surface area contributed by atoms with Crippen LogP contribution in [0.15, 0.2) is 29.1 Å². The zero-order chi connectivity index (χ0) is 16.6. The average Bonchev–Trinajstić information content (AvgIpc) is 2.52. The normalized spacial score (nSPS) is 16.8. The van der Waals surface area contributed by atoms with E-state index < -0.39 is 22.9 Å². The fourth-order valence-corrected chi connectivity index (χ4v) is 2.74. The van der Waals surface area contributed by atoms with Crippen LogP contribution in [0.2, 0.25) is 0 Å². The number of carbonyl (C=O) groups is 1. The van der Waals surface area contributed by atoms with Crippen LogP contribution in [0.25, 0.3) is 0 Å². The lowest BCUT2D eigenvalue weighted by Gasteiger charge is -2.28. The van der Waals surface area contributed by atoms with Crippen molar-refractivity contribution in [3.63, 3.8) is 0 Å². The van der Waals surface area contributed by atoms with Gasteiger partial charge in [-0.25, -0.2) is 9.37 Å². The summed E-state index contributed by atoms with van der Waals surface area (Å²) < 4.78 is 14.3. The van der Waals surface area contributed by atoms with E-state index in [-0.39, 0.29) is 18.4 Å². The molecule has 120 valence electrons. The first-order valence-electron chi connectivity index (χ1n) is 7.06. The summed E-state index contributed by atoms with van der Waals surface area (Å²) >= 11 is 0. The minimum atomic E-state index is -0.955. The van der Waals surface area contributed by atoms with E-state index in [9.17, 15) is 19.1 Å². The predicted octanol–water partition coefficient (Wildman–Crippen LogP) is 0.0739. The molecule has 1 aliphatic heterocycles. The smallest absolute Gasteiger partial charge is 0.296 e. The van der Waals surface area contributed by atoms with E-state index in [1.165, 1.54) is 16.7 Å². The number of hydrogen-bond acceptors (Lipinski definition) is 5. The van der Waals surface area contributed by atoms with Gasteiger partial charge in [-0.1, -0.05) is 12.1 Å². The minimum Gasteiger partial charge on any atom is -0.501 e. The second-order valence-electron chi connectivity index (χ2n) is 5.38. The van der Waals surface area contributed by atoms with Gasteiger partial charge < -0.3 is 16.2 Å². The van der Waals surface area contributed by atoms with Crippen molar-refractivity contribution in [3.05, 3.63) is 57.5 Å². The number of benzene rings is 1. The molecule has 4 N–H and O–H groups in total. The van der Waals surface area contributed by atoms with Crippen LogP contribution in [0.5, 0.6) is 5.75 Å². The third kappa shape index (κ3) is 2.80. The molecule has 1 aliphatic rings. The van der Waals surface area contributed by atoms with Crippen molar-refractivity contribution in [2.45, 2.75) is 19.0 Å². The second-order valence-corrected chi connectivity index (χ2v) is 5.38. The summed E-state index contributed by atoms with van der Waals surface area (Å²) in [6.45, 7) is 0.775. The van der Waals surface area contributed by atoms with E-state index in [0.717, 1.165) is 5.56 Å². The lowest BCUT2D eigenvalue weighted by Crippen LogP contribution is -2.42. The van der Waals surface area contributed by atoms with Crippen LogP contribution in [0, 0.1) is 5.82 Å². The Morgan fingerprint density at radius 2 is 2.13 bits per heavy atom. The number of carbonyl (C=O) groups excluding carboxylic acids is 1. The van der Waals surface area contributed by atoms with Gasteiger partial charge in [0.15, 0.2) is 5.69 Å². The quantitative estimate of drug-likeness (QED) is 0.742. The standard InChI is InChI=1S/C15H15FN4O3/c16-9-3-1-8(2-4-9)5-10-6-18-7-11-19-12(14(17)22)13(21)15(23)20(10)11/h1-4,10,18,21H,5-7H2,(H2,17,22). The molecule has 0 saturated heterocycles. The van der Waals surface area contributed by atoms with E-state index >= 15 is 0 Å². The molecule has 0 aliphatic carbocycles. The van der Waals surface area contributed by atoms with Gasteiger partial charge >= 0.3 is 0 Å². The van der Waals surface area contributed by atoms with Crippen LogP contribution >= 0.6 is 0 Å². The van der Waals surface area contributed by atoms with E-state index in [0.29, 0.717) is 18.8 Å². The number of nitrogens with one attached hydrogen (secondary N) is 1. The van der Waals surface area contributed by atoms with Crippen molar-refractivity contribution >= 4 is 5.91 Å². The Morgan fingerprint density at radius 1 is 1.43 bits per heavy atom. The van der Waals surface area contributed by atoms with Gasteiger partial charge in [-0.15, -0.1) is 0 Å². The van der Waals surface area contributed by atoms with Crippen molar-refractivity contribution in [2.75, 3.05) is 6.54 Å². The molecule has 3 rings (SSSR count). The maximum Gasteiger partial charge on any atom is 0.296 e. The van der Waals surface area contributed by atoms with E-state index in [2.05, 4.69) is 10.3 Å². The maximum atomic E-state index is 13.0. The molecule has 0 radical (unpaired) electrons. The minimum absolute atomic E-state index is 0.287. The zero-order valence-corrected chi connectivity index (χ0v) is 12.1. The summed E-state index contributed by atoms with van der Waals surface area (Å²) in [6, 6.07) is 5.67. The molecule has 2 aromatic rings. The number of nitrogens with two attached hydrogens (primary N) is 1. The lowest BCUT2D eigenvalue weighted by atomic mass is 10.0. The number of aromatic hydroxyl groups is 1. The molecular weight excluding hydrogens is 303 g/mol. The topological polar surface area (TPSA) is 110 Å². The van der Waals surface area contributed by atoms with E-state index in [1.807, 2.05) is 0 Å². The van der Waals surface area contributed by atoms with Gasteiger partial charge in [0.05, 0.1) is 12.6 Å². The number of primary amides is 1. The van der Waals surface area contributed by atoms with Gasteiger partial charge in [0.2, 0.25) is 5.75 Å². The molecule has 1 aromatic heterocycles. The van der Waals surface area contributed by atoms with Crippen LogP contribution in [0.1, 0.15) is 27.9 Å². The predicted molar refractivity (Wildman–Crippen MR) is 79.5 cm³/mol. The van der Waals surface area contributed by atoms with Crippen molar-refractivity contribution < 1.29 is 14.3 Å². The highest BCUT2D eigenvalue weighted by molar-refractivity contribution is 5.93. The Kier molecular flexibility index (Phi) is 3.83. The molecule has 0 spiro atoms. The molecule has 23 heavy (non-hydrogen) atoms. The summed E-state index contributed by atoms with van der Waals surface area (Å²) in [6.07, 6.45) is 0.456. The number of halogens is 1. The summed E-state index contributed by atoms with van der Waals surface area (Å²) in [7, 11) is 0. The first kappa shape index (κ1) is 15.2. The Balaban J connectivity index is 2.02. The van der Waals surface area contributed by atoms with Crippen molar-refractivity contribution in [1.82, 2.24) is 14.9 Å². The number of amides is 1. The van der Waals surface area contributed by atoms with E-state index in [1.54, 1.807) is 12.1 Å². The molecule has 2 heterocycles. The largest absolute Gasteiger partial charge is 0.501 e. The first-order valence-corrected chi connectivity index (χ1v) is 7.06. The van der Waals surface area contributed by atoms with Crippen LogP contribution in [-0.4, -0.2) is 27.1 Å². The molecule has 8 heteroatoms. The Hall–Kier alpha value is -2.74. The Labute approximate surface area is 130 Å². The molecule has 7 nitrogen and oxygen atoms in total. The summed E-state index contributed by atoms with van der Waals surface area (Å²) in [5.74, 6) is -1.70. The van der Waals surface area contributed by atoms with Crippen molar-refractivity contribution in [3.8, 4) is 5.75 Å². The Bertz CT molecular complexity index is 817. The van der Waals surface area contributed by atoms with Gasteiger partial charge in [-0.3, -0.25) is 14.2 Å². The summed E-state index contributed by atoms with van der Waals surface area (Å²) in [4.78, 5) is 27.6. The van der Waals surface area contributed by atoms with Crippen LogP contribution < -0.4 is 16.6 Å². The number of fused-ring (bicyclic) bond motifs is 1. The monoisotopic (exact) mass is 318 g/mol. The third-order valence-corrected chi connectivity index (χ3v) is 3.81. The van der Waals surface area contributed by atoms with Crippen LogP contribution in [-0.2, 0) is 13.0 Å². The van der Waals surface area contributed by atoms with Crippen molar-refractivity contribution in [2.24, 2.45) is 5.73 Å².